The maximum Gasteiger partial charge on any atom is 0.0463 e. The number of thiocarbonyl (C=S) groups is 1. The second-order valence-electron chi connectivity index (χ2n) is 3.51. The third kappa shape index (κ3) is 3.30. The fraction of sp³-hybridized carbons (Fsp3) is 0.250. The zero-order valence-electron chi connectivity index (χ0n) is 8.82. The van der Waals surface area contributed by atoms with E-state index in [9.17, 15) is 0 Å². The van der Waals surface area contributed by atoms with Gasteiger partial charge >= 0.3 is 0 Å². The van der Waals surface area contributed by atoms with Gasteiger partial charge in [0.2, 0.25) is 0 Å². The van der Waals surface area contributed by atoms with E-state index in [0.29, 0.717) is 0 Å². The number of rotatable bonds is 3. The van der Waals surface area contributed by atoms with Crippen LogP contribution < -0.4 is 0 Å². The molecule has 0 unspecified atom stereocenters. The molecule has 0 fully saturated rings. The van der Waals surface area contributed by atoms with E-state index in [1.165, 1.54) is 5.56 Å². The summed E-state index contributed by atoms with van der Waals surface area (Å²) in [6, 6.07) is 8.26. The first-order chi connectivity index (χ1) is 6.59. The topological polar surface area (TPSA) is 3.24 Å². The van der Waals surface area contributed by atoms with Gasteiger partial charge in [0.1, 0.15) is 0 Å². The molecular formula is C12H15NS. The molecule has 0 heterocycles. The maximum atomic E-state index is 5.27. The molecule has 0 spiro atoms. The highest BCUT2D eigenvalue weighted by Crippen LogP contribution is 2.05. The van der Waals surface area contributed by atoms with Crippen LogP contribution in [0.5, 0.6) is 0 Å². The summed E-state index contributed by atoms with van der Waals surface area (Å²) in [6.07, 6.45) is 3.90. The minimum Gasteiger partial charge on any atom is -0.383 e. The molecule has 0 saturated heterocycles. The van der Waals surface area contributed by atoms with Gasteiger partial charge in [0.15, 0.2) is 0 Å². The molecule has 0 atom stereocenters. The lowest BCUT2D eigenvalue weighted by atomic mass is 10.1. The average molecular weight is 205 g/mol. The Balaban J connectivity index is 2.75. The average Bonchev–Trinajstić information content (AvgIpc) is 2.15. The van der Waals surface area contributed by atoms with Crippen molar-refractivity contribution in [3.05, 3.63) is 47.7 Å². The van der Waals surface area contributed by atoms with Gasteiger partial charge in [-0.2, -0.15) is 0 Å². The Labute approximate surface area is 91.1 Å². The molecule has 0 amide bonds. The summed E-state index contributed by atoms with van der Waals surface area (Å²) in [4.78, 5) is 2.85. The van der Waals surface area contributed by atoms with Crippen molar-refractivity contribution in [1.82, 2.24) is 4.90 Å². The second kappa shape index (κ2) is 4.91. The van der Waals surface area contributed by atoms with Gasteiger partial charge < -0.3 is 4.90 Å². The fourth-order valence-corrected chi connectivity index (χ4v) is 1.23. The standard InChI is InChI=1S/C12H15NS/c1-10-4-6-11(7-5-10)12(14)8-9-13(2)3/h4-9H,1-3H3/b9-8-. The third-order valence-electron chi connectivity index (χ3n) is 1.86. The quantitative estimate of drug-likeness (QED) is 0.424. The van der Waals surface area contributed by atoms with Gasteiger partial charge in [-0.15, -0.1) is 0 Å². The van der Waals surface area contributed by atoms with Crippen LogP contribution in [0.25, 0.3) is 0 Å². The van der Waals surface area contributed by atoms with Gasteiger partial charge in [-0.3, -0.25) is 0 Å². The lowest BCUT2D eigenvalue weighted by molar-refractivity contribution is 0.564. The fourth-order valence-electron chi connectivity index (χ4n) is 1.03. The Kier molecular flexibility index (Phi) is 3.84. The highest BCUT2D eigenvalue weighted by Gasteiger charge is 1.95. The molecule has 1 nitrogen and oxygen atoms in total. The molecule has 0 N–H and O–H groups in total. The Morgan fingerprint density at radius 2 is 1.79 bits per heavy atom. The zero-order valence-corrected chi connectivity index (χ0v) is 9.64. The van der Waals surface area contributed by atoms with E-state index >= 15 is 0 Å². The van der Waals surface area contributed by atoms with Crippen LogP contribution in [0.1, 0.15) is 11.1 Å². The predicted molar refractivity (Wildman–Crippen MR) is 65.7 cm³/mol. The summed E-state index contributed by atoms with van der Waals surface area (Å²) < 4.78 is 0. The lowest BCUT2D eigenvalue weighted by Gasteiger charge is -2.04. The summed E-state index contributed by atoms with van der Waals surface area (Å²) in [7, 11) is 3.96. The molecule has 0 saturated carbocycles. The lowest BCUT2D eigenvalue weighted by Crippen LogP contribution is -2.02. The first-order valence-corrected chi connectivity index (χ1v) is 4.96. The third-order valence-corrected chi connectivity index (χ3v) is 2.23. The van der Waals surface area contributed by atoms with Crippen LogP contribution in [-0.2, 0) is 0 Å². The number of allylic oxidation sites excluding steroid dienone is 1. The molecule has 0 aromatic heterocycles. The summed E-state index contributed by atoms with van der Waals surface area (Å²) in [6.45, 7) is 2.07. The minimum absolute atomic E-state index is 0.874. The molecule has 14 heavy (non-hydrogen) atoms. The number of nitrogens with zero attached hydrogens (tertiary/aromatic N) is 1. The molecule has 0 radical (unpaired) electrons. The van der Waals surface area contributed by atoms with Crippen LogP contribution in [-0.4, -0.2) is 23.9 Å². The van der Waals surface area contributed by atoms with Crippen molar-refractivity contribution >= 4 is 17.1 Å². The van der Waals surface area contributed by atoms with Crippen molar-refractivity contribution in [2.75, 3.05) is 14.1 Å². The molecule has 1 aromatic rings. The number of aryl methyl sites for hydroxylation is 1. The second-order valence-corrected chi connectivity index (χ2v) is 3.95. The van der Waals surface area contributed by atoms with Crippen molar-refractivity contribution in [2.24, 2.45) is 0 Å². The molecular weight excluding hydrogens is 190 g/mol. The van der Waals surface area contributed by atoms with Crippen LogP contribution in [0.2, 0.25) is 0 Å². The highest BCUT2D eigenvalue weighted by atomic mass is 32.1. The van der Waals surface area contributed by atoms with E-state index in [0.717, 1.165) is 10.4 Å². The van der Waals surface area contributed by atoms with Crippen molar-refractivity contribution in [3.63, 3.8) is 0 Å². The first kappa shape index (κ1) is 10.9. The van der Waals surface area contributed by atoms with Gasteiger partial charge in [-0.1, -0.05) is 42.0 Å². The minimum atomic E-state index is 0.874. The molecule has 0 aliphatic rings. The van der Waals surface area contributed by atoms with E-state index in [-0.39, 0.29) is 0 Å². The van der Waals surface area contributed by atoms with Crippen molar-refractivity contribution in [1.29, 1.82) is 0 Å². The first-order valence-electron chi connectivity index (χ1n) is 4.55. The maximum absolute atomic E-state index is 5.27. The van der Waals surface area contributed by atoms with Crippen LogP contribution >= 0.6 is 12.2 Å². The molecule has 2 heteroatoms. The van der Waals surface area contributed by atoms with Gasteiger partial charge in [-0.25, -0.2) is 0 Å². The molecule has 0 aliphatic heterocycles. The van der Waals surface area contributed by atoms with Gasteiger partial charge in [0, 0.05) is 19.0 Å². The predicted octanol–water partition coefficient (Wildman–Crippen LogP) is 2.79. The summed E-state index contributed by atoms with van der Waals surface area (Å²) in [5.74, 6) is 0. The van der Waals surface area contributed by atoms with Gasteiger partial charge in [-0.05, 0) is 24.8 Å². The number of hydrogen-bond donors (Lipinski definition) is 0. The van der Waals surface area contributed by atoms with Crippen molar-refractivity contribution < 1.29 is 0 Å². The van der Waals surface area contributed by atoms with Crippen molar-refractivity contribution in [2.45, 2.75) is 6.92 Å². The summed E-state index contributed by atoms with van der Waals surface area (Å²) in [5.41, 5.74) is 2.36. The Hall–Kier alpha value is -1.15. The van der Waals surface area contributed by atoms with E-state index in [4.69, 9.17) is 12.2 Å². The van der Waals surface area contributed by atoms with Crippen LogP contribution in [0.15, 0.2) is 36.5 Å². The van der Waals surface area contributed by atoms with Crippen LogP contribution in [0.4, 0.5) is 0 Å². The van der Waals surface area contributed by atoms with E-state index in [1.54, 1.807) is 0 Å². The van der Waals surface area contributed by atoms with E-state index in [2.05, 4.69) is 31.2 Å². The van der Waals surface area contributed by atoms with E-state index < -0.39 is 0 Å². The van der Waals surface area contributed by atoms with Crippen molar-refractivity contribution in [3.8, 4) is 0 Å². The zero-order chi connectivity index (χ0) is 10.6. The smallest absolute Gasteiger partial charge is 0.0463 e. The monoisotopic (exact) mass is 205 g/mol. The Bertz CT molecular complexity index is 336. The molecule has 1 rings (SSSR count). The van der Waals surface area contributed by atoms with Gasteiger partial charge in [0.25, 0.3) is 0 Å². The summed E-state index contributed by atoms with van der Waals surface area (Å²) >= 11 is 5.27. The molecule has 74 valence electrons. The highest BCUT2D eigenvalue weighted by molar-refractivity contribution is 7.81. The van der Waals surface area contributed by atoms with Crippen LogP contribution in [0.3, 0.4) is 0 Å². The normalized spacial score (nSPS) is 10.5. The largest absolute Gasteiger partial charge is 0.383 e. The molecule has 0 bridgehead atoms. The Morgan fingerprint density at radius 3 is 2.29 bits per heavy atom. The van der Waals surface area contributed by atoms with E-state index in [1.807, 2.05) is 31.3 Å². The SMILES string of the molecule is Cc1ccc(C(=S)/C=C\N(C)C)cc1. The summed E-state index contributed by atoms with van der Waals surface area (Å²) in [5, 5.41) is 0. The molecule has 1 aromatic carbocycles. The molecule has 0 aliphatic carbocycles. The van der Waals surface area contributed by atoms with Crippen LogP contribution in [0, 0.1) is 6.92 Å². The number of benzene rings is 1. The Morgan fingerprint density at radius 1 is 1.21 bits per heavy atom. The van der Waals surface area contributed by atoms with Gasteiger partial charge in [0.05, 0.1) is 0 Å². The number of hydrogen-bond acceptors (Lipinski definition) is 2.